The molecule has 0 aliphatic heterocycles. The van der Waals surface area contributed by atoms with E-state index in [4.69, 9.17) is 21.6 Å². The minimum atomic E-state index is -0.585. The first-order valence-electron chi connectivity index (χ1n) is 7.34. The molecule has 128 valence electrons. The van der Waals surface area contributed by atoms with Crippen molar-refractivity contribution in [3.63, 3.8) is 0 Å². The molecule has 0 fully saturated rings. The van der Waals surface area contributed by atoms with Crippen molar-refractivity contribution in [1.82, 2.24) is 0 Å². The molecule has 0 aromatic heterocycles. The van der Waals surface area contributed by atoms with Gasteiger partial charge in [-0.15, -0.1) is 0 Å². The molecule has 7 heteroatoms. The lowest BCUT2D eigenvalue weighted by atomic mass is 10.2. The van der Waals surface area contributed by atoms with Crippen molar-refractivity contribution in [3.05, 3.63) is 58.6 Å². The molecule has 0 atom stereocenters. The van der Waals surface area contributed by atoms with Crippen LogP contribution in [-0.2, 0) is 9.53 Å². The fraction of sp³-hybridized carbons (Fsp3) is 0.167. The molecule has 2 aromatic carbocycles. The van der Waals surface area contributed by atoms with Crippen LogP contribution in [0.25, 0.3) is 0 Å². The second kappa shape index (κ2) is 8.18. The van der Waals surface area contributed by atoms with E-state index in [2.05, 4.69) is 5.32 Å². The molecule has 0 unspecified atom stereocenters. The molecule has 1 amide bonds. The Labute approximate surface area is 150 Å². The van der Waals surface area contributed by atoms with Crippen molar-refractivity contribution in [3.8, 4) is 6.07 Å². The number of carbonyl (C=O) groups excluding carboxylic acids is 2. The maximum atomic E-state index is 11.9. The molecule has 2 rings (SSSR count). The van der Waals surface area contributed by atoms with Crippen LogP contribution in [0, 0.1) is 11.3 Å². The standard InChI is InChI=1S/C18H16ClN3O3/c1-22(2)15-7-4-12(5-8-15)18(24)25-11-17(23)21-14-6-3-13(10-20)16(19)9-14/h3-9H,11H2,1-2H3,(H,21,23). The quantitative estimate of drug-likeness (QED) is 0.831. The van der Waals surface area contributed by atoms with Crippen LogP contribution in [0.1, 0.15) is 15.9 Å². The zero-order valence-corrected chi connectivity index (χ0v) is 14.5. The van der Waals surface area contributed by atoms with Crippen molar-refractivity contribution in [2.45, 2.75) is 0 Å². The summed E-state index contributed by atoms with van der Waals surface area (Å²) >= 11 is 5.89. The third kappa shape index (κ3) is 4.96. The summed E-state index contributed by atoms with van der Waals surface area (Å²) in [5, 5.41) is 11.6. The van der Waals surface area contributed by atoms with Gasteiger partial charge in [-0.2, -0.15) is 5.26 Å². The van der Waals surface area contributed by atoms with Crippen LogP contribution in [-0.4, -0.2) is 32.6 Å². The van der Waals surface area contributed by atoms with Gasteiger partial charge in [-0.25, -0.2) is 4.79 Å². The van der Waals surface area contributed by atoms with E-state index in [1.165, 1.54) is 12.1 Å². The first-order chi connectivity index (χ1) is 11.9. The normalized spacial score (nSPS) is 9.84. The van der Waals surface area contributed by atoms with Crippen LogP contribution in [0.5, 0.6) is 0 Å². The lowest BCUT2D eigenvalue weighted by Crippen LogP contribution is -2.21. The number of anilines is 2. The van der Waals surface area contributed by atoms with Crippen LogP contribution < -0.4 is 10.2 Å². The van der Waals surface area contributed by atoms with Crippen LogP contribution in [0.2, 0.25) is 5.02 Å². The molecule has 0 bridgehead atoms. The number of nitriles is 1. The van der Waals surface area contributed by atoms with Crippen molar-refractivity contribution < 1.29 is 14.3 Å². The Balaban J connectivity index is 1.90. The number of esters is 1. The zero-order chi connectivity index (χ0) is 18.4. The average Bonchev–Trinajstić information content (AvgIpc) is 2.60. The van der Waals surface area contributed by atoms with Gasteiger partial charge in [0.15, 0.2) is 6.61 Å². The predicted octanol–water partition coefficient (Wildman–Crippen LogP) is 3.07. The summed E-state index contributed by atoms with van der Waals surface area (Å²) in [4.78, 5) is 25.7. The zero-order valence-electron chi connectivity index (χ0n) is 13.7. The second-order valence-electron chi connectivity index (χ2n) is 5.37. The molecule has 6 nitrogen and oxygen atoms in total. The predicted molar refractivity (Wildman–Crippen MR) is 95.8 cm³/mol. The third-order valence-corrected chi connectivity index (χ3v) is 3.64. The fourth-order valence-electron chi connectivity index (χ4n) is 1.99. The van der Waals surface area contributed by atoms with Gasteiger partial charge in [-0.05, 0) is 42.5 Å². The van der Waals surface area contributed by atoms with Gasteiger partial charge in [0.05, 0.1) is 16.1 Å². The molecule has 0 saturated carbocycles. The molecule has 0 aliphatic carbocycles. The number of amides is 1. The van der Waals surface area contributed by atoms with Gasteiger partial charge in [0, 0.05) is 25.5 Å². The maximum absolute atomic E-state index is 11.9. The van der Waals surface area contributed by atoms with Gasteiger partial charge in [0.2, 0.25) is 0 Å². The van der Waals surface area contributed by atoms with Gasteiger partial charge < -0.3 is 15.0 Å². The largest absolute Gasteiger partial charge is 0.452 e. The summed E-state index contributed by atoms with van der Waals surface area (Å²) in [6.45, 7) is -0.425. The Bertz CT molecular complexity index is 826. The minimum Gasteiger partial charge on any atom is -0.452 e. The van der Waals surface area contributed by atoms with E-state index >= 15 is 0 Å². The topological polar surface area (TPSA) is 82.4 Å². The van der Waals surface area contributed by atoms with Gasteiger partial charge in [-0.3, -0.25) is 4.79 Å². The first-order valence-corrected chi connectivity index (χ1v) is 7.72. The molecule has 0 spiro atoms. The number of rotatable bonds is 5. The Morgan fingerprint density at radius 3 is 2.44 bits per heavy atom. The van der Waals surface area contributed by atoms with E-state index < -0.39 is 18.5 Å². The van der Waals surface area contributed by atoms with Crippen molar-refractivity contribution in [2.24, 2.45) is 0 Å². The number of hydrogen-bond acceptors (Lipinski definition) is 5. The summed E-state index contributed by atoms with van der Waals surface area (Å²) in [6.07, 6.45) is 0. The molecule has 25 heavy (non-hydrogen) atoms. The van der Waals surface area contributed by atoms with Gasteiger partial charge in [-0.1, -0.05) is 11.6 Å². The Morgan fingerprint density at radius 2 is 1.88 bits per heavy atom. The number of carbonyl (C=O) groups is 2. The van der Waals surface area contributed by atoms with Crippen molar-refractivity contribution >= 4 is 34.9 Å². The van der Waals surface area contributed by atoms with E-state index in [0.717, 1.165) is 5.69 Å². The molecular weight excluding hydrogens is 342 g/mol. The summed E-state index contributed by atoms with van der Waals surface area (Å²) in [5.74, 6) is -1.09. The van der Waals surface area contributed by atoms with Crippen LogP contribution in [0.15, 0.2) is 42.5 Å². The monoisotopic (exact) mass is 357 g/mol. The highest BCUT2D eigenvalue weighted by Gasteiger charge is 2.11. The summed E-state index contributed by atoms with van der Waals surface area (Å²) in [7, 11) is 3.79. The van der Waals surface area contributed by atoms with Gasteiger partial charge in [0.1, 0.15) is 6.07 Å². The fourth-order valence-corrected chi connectivity index (χ4v) is 2.21. The molecule has 0 saturated heterocycles. The van der Waals surface area contributed by atoms with Crippen molar-refractivity contribution in [2.75, 3.05) is 30.9 Å². The summed E-state index contributed by atoms with van der Waals surface area (Å²) in [6, 6.07) is 13.3. The highest BCUT2D eigenvalue weighted by atomic mass is 35.5. The Morgan fingerprint density at radius 1 is 1.20 bits per heavy atom. The van der Waals surface area contributed by atoms with E-state index in [0.29, 0.717) is 16.8 Å². The lowest BCUT2D eigenvalue weighted by Gasteiger charge is -2.12. The summed E-state index contributed by atoms with van der Waals surface area (Å²) in [5.41, 5.74) is 2.04. The smallest absolute Gasteiger partial charge is 0.338 e. The van der Waals surface area contributed by atoms with Crippen molar-refractivity contribution in [1.29, 1.82) is 5.26 Å². The number of hydrogen-bond donors (Lipinski definition) is 1. The highest BCUT2D eigenvalue weighted by molar-refractivity contribution is 6.32. The highest BCUT2D eigenvalue weighted by Crippen LogP contribution is 2.20. The molecule has 0 heterocycles. The van der Waals surface area contributed by atoms with E-state index in [9.17, 15) is 9.59 Å². The maximum Gasteiger partial charge on any atom is 0.338 e. The van der Waals surface area contributed by atoms with E-state index in [1.807, 2.05) is 25.1 Å². The Hall–Kier alpha value is -3.04. The lowest BCUT2D eigenvalue weighted by molar-refractivity contribution is -0.119. The first kappa shape index (κ1) is 18.3. The van der Waals surface area contributed by atoms with E-state index in [-0.39, 0.29) is 5.02 Å². The summed E-state index contributed by atoms with van der Waals surface area (Å²) < 4.78 is 4.99. The van der Waals surface area contributed by atoms with Gasteiger partial charge in [0.25, 0.3) is 5.91 Å². The second-order valence-corrected chi connectivity index (χ2v) is 5.78. The SMILES string of the molecule is CN(C)c1ccc(C(=O)OCC(=O)Nc2ccc(C#N)c(Cl)c2)cc1. The van der Waals surface area contributed by atoms with Crippen LogP contribution in [0.3, 0.4) is 0 Å². The molecule has 1 N–H and O–H groups in total. The number of halogens is 1. The Kier molecular flexibility index (Phi) is 5.98. The minimum absolute atomic E-state index is 0.235. The number of benzene rings is 2. The number of nitrogens with zero attached hydrogens (tertiary/aromatic N) is 2. The molecule has 0 radical (unpaired) electrons. The number of ether oxygens (including phenoxy) is 1. The molecule has 0 aliphatic rings. The molecular formula is C18H16ClN3O3. The number of nitrogens with one attached hydrogen (secondary N) is 1. The van der Waals surface area contributed by atoms with Crippen LogP contribution >= 0.6 is 11.6 Å². The van der Waals surface area contributed by atoms with Crippen LogP contribution in [0.4, 0.5) is 11.4 Å². The third-order valence-electron chi connectivity index (χ3n) is 3.33. The molecule has 2 aromatic rings. The van der Waals surface area contributed by atoms with E-state index in [1.54, 1.807) is 30.3 Å². The van der Waals surface area contributed by atoms with Gasteiger partial charge >= 0.3 is 5.97 Å². The average molecular weight is 358 g/mol.